The highest BCUT2D eigenvalue weighted by molar-refractivity contribution is 9.10. The summed E-state index contributed by atoms with van der Waals surface area (Å²) in [6.07, 6.45) is 0.137. The SMILES string of the molecule is CNC[C@@H](OC)c1ccc(Br)cc1. The smallest absolute Gasteiger partial charge is 0.0945 e. The molecule has 0 spiro atoms. The Morgan fingerprint density at radius 1 is 1.38 bits per heavy atom. The van der Waals surface area contributed by atoms with E-state index in [0.717, 1.165) is 11.0 Å². The van der Waals surface area contributed by atoms with Crippen molar-refractivity contribution in [1.82, 2.24) is 5.32 Å². The van der Waals surface area contributed by atoms with Gasteiger partial charge in [-0.15, -0.1) is 0 Å². The second-order valence-corrected chi connectivity index (χ2v) is 3.75. The molecule has 0 radical (unpaired) electrons. The number of hydrogen-bond acceptors (Lipinski definition) is 2. The lowest BCUT2D eigenvalue weighted by atomic mass is 10.1. The zero-order valence-corrected chi connectivity index (χ0v) is 9.47. The molecule has 1 N–H and O–H groups in total. The van der Waals surface area contributed by atoms with Crippen LogP contribution in [0, 0.1) is 0 Å². The van der Waals surface area contributed by atoms with Crippen molar-refractivity contribution >= 4 is 15.9 Å². The van der Waals surface area contributed by atoms with Crippen molar-refractivity contribution in [3.63, 3.8) is 0 Å². The van der Waals surface area contributed by atoms with Gasteiger partial charge in [-0.25, -0.2) is 0 Å². The van der Waals surface area contributed by atoms with Gasteiger partial charge in [0.2, 0.25) is 0 Å². The van der Waals surface area contributed by atoms with Crippen molar-refractivity contribution in [2.24, 2.45) is 0 Å². The maximum atomic E-state index is 5.34. The fraction of sp³-hybridized carbons (Fsp3) is 0.400. The lowest BCUT2D eigenvalue weighted by Crippen LogP contribution is -2.18. The first kappa shape index (κ1) is 10.7. The third kappa shape index (κ3) is 3.10. The van der Waals surface area contributed by atoms with E-state index in [1.54, 1.807) is 7.11 Å². The van der Waals surface area contributed by atoms with Crippen molar-refractivity contribution in [3.05, 3.63) is 34.3 Å². The quantitative estimate of drug-likeness (QED) is 0.877. The molecule has 0 bridgehead atoms. The first-order valence-electron chi connectivity index (χ1n) is 4.20. The van der Waals surface area contributed by atoms with Crippen LogP contribution in [0.25, 0.3) is 0 Å². The maximum Gasteiger partial charge on any atom is 0.0945 e. The van der Waals surface area contributed by atoms with E-state index in [9.17, 15) is 0 Å². The molecule has 1 rings (SSSR count). The minimum absolute atomic E-state index is 0.137. The van der Waals surface area contributed by atoms with E-state index in [0.29, 0.717) is 0 Å². The summed E-state index contributed by atoms with van der Waals surface area (Å²) in [5.41, 5.74) is 1.19. The fourth-order valence-electron chi connectivity index (χ4n) is 1.20. The van der Waals surface area contributed by atoms with Crippen LogP contribution in [0.2, 0.25) is 0 Å². The summed E-state index contributed by atoms with van der Waals surface area (Å²) >= 11 is 3.40. The van der Waals surface area contributed by atoms with Gasteiger partial charge < -0.3 is 10.1 Å². The Balaban J connectivity index is 2.73. The monoisotopic (exact) mass is 243 g/mol. The molecule has 1 aromatic carbocycles. The van der Waals surface area contributed by atoms with Gasteiger partial charge in [0.25, 0.3) is 0 Å². The Morgan fingerprint density at radius 3 is 2.46 bits per heavy atom. The van der Waals surface area contributed by atoms with Crippen molar-refractivity contribution in [1.29, 1.82) is 0 Å². The number of likely N-dealkylation sites (N-methyl/N-ethyl adjacent to an activating group) is 1. The number of ether oxygens (including phenoxy) is 1. The Hall–Kier alpha value is -0.380. The lowest BCUT2D eigenvalue weighted by molar-refractivity contribution is 0.104. The van der Waals surface area contributed by atoms with Crippen LogP contribution in [0.3, 0.4) is 0 Å². The van der Waals surface area contributed by atoms with Gasteiger partial charge >= 0.3 is 0 Å². The average molecular weight is 244 g/mol. The molecule has 0 heterocycles. The van der Waals surface area contributed by atoms with Gasteiger partial charge in [0, 0.05) is 18.1 Å². The van der Waals surface area contributed by atoms with Crippen molar-refractivity contribution < 1.29 is 4.74 Å². The minimum atomic E-state index is 0.137. The molecule has 0 saturated carbocycles. The maximum absolute atomic E-state index is 5.34. The minimum Gasteiger partial charge on any atom is -0.375 e. The molecule has 1 atom stereocenters. The van der Waals surface area contributed by atoms with Crippen molar-refractivity contribution in [2.75, 3.05) is 20.7 Å². The molecule has 0 aliphatic heterocycles. The molecule has 0 aromatic heterocycles. The molecule has 0 saturated heterocycles. The number of halogens is 1. The van der Waals surface area contributed by atoms with Crippen LogP contribution in [0.1, 0.15) is 11.7 Å². The summed E-state index contributed by atoms with van der Waals surface area (Å²) in [5.74, 6) is 0. The Morgan fingerprint density at radius 2 is 2.00 bits per heavy atom. The highest BCUT2D eigenvalue weighted by atomic mass is 79.9. The summed E-state index contributed by atoms with van der Waals surface area (Å²) in [5, 5.41) is 3.10. The van der Waals surface area contributed by atoms with E-state index in [1.165, 1.54) is 5.56 Å². The normalized spacial score (nSPS) is 12.8. The molecule has 2 nitrogen and oxygen atoms in total. The van der Waals surface area contributed by atoms with Crippen molar-refractivity contribution in [2.45, 2.75) is 6.10 Å². The van der Waals surface area contributed by atoms with Gasteiger partial charge in [-0.2, -0.15) is 0 Å². The first-order chi connectivity index (χ1) is 6.27. The molecule has 0 amide bonds. The predicted octanol–water partition coefficient (Wildman–Crippen LogP) is 2.36. The fourth-order valence-corrected chi connectivity index (χ4v) is 1.46. The van der Waals surface area contributed by atoms with E-state index in [1.807, 2.05) is 19.2 Å². The molecule has 0 aliphatic rings. The van der Waals surface area contributed by atoms with Gasteiger partial charge in [0.05, 0.1) is 6.10 Å². The zero-order chi connectivity index (χ0) is 9.68. The van der Waals surface area contributed by atoms with Crippen LogP contribution < -0.4 is 5.32 Å². The van der Waals surface area contributed by atoms with Crippen LogP contribution in [-0.4, -0.2) is 20.7 Å². The summed E-state index contributed by atoms with van der Waals surface area (Å²) in [7, 11) is 3.65. The zero-order valence-electron chi connectivity index (χ0n) is 7.88. The number of hydrogen-bond donors (Lipinski definition) is 1. The number of benzene rings is 1. The average Bonchev–Trinajstić information content (AvgIpc) is 2.16. The third-order valence-electron chi connectivity index (χ3n) is 1.92. The molecule has 1 aromatic rings. The molecule has 13 heavy (non-hydrogen) atoms. The van der Waals surface area contributed by atoms with Crippen molar-refractivity contribution in [3.8, 4) is 0 Å². The van der Waals surface area contributed by atoms with E-state index in [2.05, 4.69) is 33.4 Å². The van der Waals surface area contributed by atoms with E-state index < -0.39 is 0 Å². The van der Waals surface area contributed by atoms with Gasteiger partial charge in [-0.3, -0.25) is 0 Å². The summed E-state index contributed by atoms with van der Waals surface area (Å²) in [6.45, 7) is 0.831. The molecular weight excluding hydrogens is 230 g/mol. The van der Waals surface area contributed by atoms with E-state index >= 15 is 0 Å². The number of nitrogens with one attached hydrogen (secondary N) is 1. The van der Waals surface area contributed by atoms with Crippen LogP contribution in [0.15, 0.2) is 28.7 Å². The van der Waals surface area contributed by atoms with E-state index in [4.69, 9.17) is 4.74 Å². The van der Waals surface area contributed by atoms with Crippen LogP contribution in [0.5, 0.6) is 0 Å². The summed E-state index contributed by atoms with van der Waals surface area (Å²) in [6, 6.07) is 8.18. The molecule has 0 aliphatic carbocycles. The van der Waals surface area contributed by atoms with Crippen LogP contribution in [-0.2, 0) is 4.74 Å². The summed E-state index contributed by atoms with van der Waals surface area (Å²) < 4.78 is 6.43. The molecule has 72 valence electrons. The van der Waals surface area contributed by atoms with Crippen LogP contribution in [0.4, 0.5) is 0 Å². The Labute approximate surface area is 87.4 Å². The van der Waals surface area contributed by atoms with Gasteiger partial charge in [-0.05, 0) is 24.7 Å². The van der Waals surface area contributed by atoms with E-state index in [-0.39, 0.29) is 6.10 Å². The standard InChI is InChI=1S/C10H14BrNO/c1-12-7-10(13-2)8-3-5-9(11)6-4-8/h3-6,10,12H,7H2,1-2H3/t10-/m1/s1. The number of methoxy groups -OCH3 is 1. The second kappa shape index (κ2) is 5.37. The van der Waals surface area contributed by atoms with Crippen LogP contribution >= 0.6 is 15.9 Å². The topological polar surface area (TPSA) is 21.3 Å². The highest BCUT2D eigenvalue weighted by Gasteiger charge is 2.07. The predicted molar refractivity (Wildman–Crippen MR) is 57.8 cm³/mol. The number of rotatable bonds is 4. The van der Waals surface area contributed by atoms with Gasteiger partial charge in [-0.1, -0.05) is 28.1 Å². The molecular formula is C10H14BrNO. The largest absolute Gasteiger partial charge is 0.375 e. The second-order valence-electron chi connectivity index (χ2n) is 2.83. The van der Waals surface area contributed by atoms with Gasteiger partial charge in [0.15, 0.2) is 0 Å². The molecule has 0 unspecified atom stereocenters. The highest BCUT2D eigenvalue weighted by Crippen LogP contribution is 2.18. The summed E-state index contributed by atoms with van der Waals surface area (Å²) in [4.78, 5) is 0. The van der Waals surface area contributed by atoms with Gasteiger partial charge in [0.1, 0.15) is 0 Å². The Kier molecular flexibility index (Phi) is 4.42. The molecule has 3 heteroatoms. The molecule has 0 fully saturated rings. The lowest BCUT2D eigenvalue weighted by Gasteiger charge is -2.14. The third-order valence-corrected chi connectivity index (χ3v) is 2.44. The first-order valence-corrected chi connectivity index (χ1v) is 5.00. The Bertz CT molecular complexity index is 248.